The van der Waals surface area contributed by atoms with Gasteiger partial charge in [0.25, 0.3) is 0 Å². The number of hydrogen-bond donors (Lipinski definition) is 1. The second-order valence-corrected chi connectivity index (χ2v) is 6.79. The first kappa shape index (κ1) is 19.7. The number of Topliss-reactive ketones (excluding diaryl/α,β-unsaturated/α-hetero) is 1. The van der Waals surface area contributed by atoms with Gasteiger partial charge in [0.2, 0.25) is 5.91 Å². The third-order valence-electron chi connectivity index (χ3n) is 3.90. The number of nitrogens with zero attached hydrogens (tertiary/aromatic N) is 1. The summed E-state index contributed by atoms with van der Waals surface area (Å²) in [5.41, 5.74) is 1.46. The van der Waals surface area contributed by atoms with Crippen molar-refractivity contribution in [3.05, 3.63) is 71.8 Å². The molecule has 136 valence electrons. The normalized spacial score (nSPS) is 11.6. The maximum absolute atomic E-state index is 12.5. The van der Waals surface area contributed by atoms with Crippen LogP contribution >= 0.6 is 11.8 Å². The van der Waals surface area contributed by atoms with Crippen LogP contribution in [-0.2, 0) is 16.1 Å². The van der Waals surface area contributed by atoms with Gasteiger partial charge in [-0.3, -0.25) is 9.59 Å². The fourth-order valence-electron chi connectivity index (χ4n) is 2.38. The summed E-state index contributed by atoms with van der Waals surface area (Å²) in [5, 5.41) is 9.29. The van der Waals surface area contributed by atoms with E-state index in [1.54, 1.807) is 24.3 Å². The fourth-order valence-corrected chi connectivity index (χ4v) is 3.17. The number of carboxylic acids is 1. The van der Waals surface area contributed by atoms with Crippen LogP contribution in [-0.4, -0.2) is 45.2 Å². The number of ketones is 1. The summed E-state index contributed by atoms with van der Waals surface area (Å²) in [6.07, 6.45) is 0. The Morgan fingerprint density at radius 1 is 0.962 bits per heavy atom. The molecule has 0 saturated heterocycles. The van der Waals surface area contributed by atoms with Crippen molar-refractivity contribution in [2.24, 2.45) is 0 Å². The fraction of sp³-hybridized carbons (Fsp3) is 0.250. The topological polar surface area (TPSA) is 74.7 Å². The third kappa shape index (κ3) is 5.74. The molecule has 0 aromatic heterocycles. The van der Waals surface area contributed by atoms with Crippen molar-refractivity contribution in [2.75, 3.05) is 11.5 Å². The molecule has 0 aliphatic rings. The van der Waals surface area contributed by atoms with Gasteiger partial charge in [0.05, 0.1) is 11.5 Å². The van der Waals surface area contributed by atoms with Gasteiger partial charge in [-0.1, -0.05) is 60.7 Å². The first-order valence-electron chi connectivity index (χ1n) is 8.21. The molecule has 6 heteroatoms. The van der Waals surface area contributed by atoms with Gasteiger partial charge in [-0.25, -0.2) is 4.79 Å². The number of carbonyl (C=O) groups is 3. The van der Waals surface area contributed by atoms with Gasteiger partial charge >= 0.3 is 5.97 Å². The largest absolute Gasteiger partial charge is 0.480 e. The van der Waals surface area contributed by atoms with E-state index in [4.69, 9.17) is 0 Å². The molecule has 2 rings (SSSR count). The van der Waals surface area contributed by atoms with E-state index in [0.717, 1.165) is 5.56 Å². The molecule has 1 unspecified atom stereocenters. The van der Waals surface area contributed by atoms with E-state index >= 15 is 0 Å². The van der Waals surface area contributed by atoms with Crippen molar-refractivity contribution in [2.45, 2.75) is 19.5 Å². The molecule has 0 spiro atoms. The Hall–Kier alpha value is -2.60. The number of thioether (sulfide) groups is 1. The Morgan fingerprint density at radius 2 is 1.54 bits per heavy atom. The highest BCUT2D eigenvalue weighted by molar-refractivity contribution is 8.00. The number of amides is 1. The molecule has 26 heavy (non-hydrogen) atoms. The van der Waals surface area contributed by atoms with E-state index in [0.29, 0.717) is 5.56 Å². The van der Waals surface area contributed by atoms with Gasteiger partial charge in [0.15, 0.2) is 5.78 Å². The average molecular weight is 371 g/mol. The van der Waals surface area contributed by atoms with Crippen LogP contribution in [0, 0.1) is 0 Å². The Labute approximate surface area is 157 Å². The molecule has 0 saturated carbocycles. The van der Waals surface area contributed by atoms with Crippen LogP contribution in [0.1, 0.15) is 22.8 Å². The van der Waals surface area contributed by atoms with Crippen LogP contribution in [0.2, 0.25) is 0 Å². The molecule has 0 radical (unpaired) electrons. The monoisotopic (exact) mass is 371 g/mol. The minimum atomic E-state index is -1.06. The Kier molecular flexibility index (Phi) is 7.41. The Balaban J connectivity index is 1.95. The number of hydrogen-bond acceptors (Lipinski definition) is 4. The summed E-state index contributed by atoms with van der Waals surface area (Å²) in [6, 6.07) is 17.2. The minimum absolute atomic E-state index is 0.0516. The zero-order chi connectivity index (χ0) is 18.9. The van der Waals surface area contributed by atoms with Gasteiger partial charge in [-0.15, -0.1) is 11.8 Å². The quantitative estimate of drug-likeness (QED) is 0.686. The molecular weight excluding hydrogens is 350 g/mol. The summed E-state index contributed by atoms with van der Waals surface area (Å²) in [7, 11) is 0. The Morgan fingerprint density at radius 3 is 2.12 bits per heavy atom. The van der Waals surface area contributed by atoms with E-state index < -0.39 is 12.0 Å². The second kappa shape index (κ2) is 9.77. The number of carbonyl (C=O) groups excluding carboxylic acids is 2. The first-order valence-corrected chi connectivity index (χ1v) is 9.36. The number of aliphatic carboxylic acids is 1. The zero-order valence-corrected chi connectivity index (χ0v) is 15.3. The van der Waals surface area contributed by atoms with Gasteiger partial charge < -0.3 is 10.0 Å². The van der Waals surface area contributed by atoms with E-state index in [1.165, 1.54) is 23.6 Å². The second-order valence-electron chi connectivity index (χ2n) is 5.80. The van der Waals surface area contributed by atoms with Crippen molar-refractivity contribution in [3.63, 3.8) is 0 Å². The summed E-state index contributed by atoms with van der Waals surface area (Å²) in [6.45, 7) is 1.71. The summed E-state index contributed by atoms with van der Waals surface area (Å²) in [5.74, 6) is -1.17. The van der Waals surface area contributed by atoms with Crippen LogP contribution in [0.4, 0.5) is 0 Å². The summed E-state index contributed by atoms with van der Waals surface area (Å²) >= 11 is 1.20. The highest BCUT2D eigenvalue weighted by Crippen LogP contribution is 2.13. The maximum Gasteiger partial charge on any atom is 0.326 e. The van der Waals surface area contributed by atoms with E-state index in [-0.39, 0.29) is 29.7 Å². The lowest BCUT2D eigenvalue weighted by molar-refractivity contribution is -0.148. The van der Waals surface area contributed by atoms with Gasteiger partial charge in [-0.05, 0) is 12.5 Å². The molecule has 1 N–H and O–H groups in total. The lowest BCUT2D eigenvalue weighted by Crippen LogP contribution is -2.43. The molecule has 2 aromatic carbocycles. The maximum atomic E-state index is 12.5. The summed E-state index contributed by atoms with van der Waals surface area (Å²) in [4.78, 5) is 37.3. The van der Waals surface area contributed by atoms with Gasteiger partial charge in [0.1, 0.15) is 6.04 Å². The van der Waals surface area contributed by atoms with Crippen LogP contribution < -0.4 is 0 Å². The van der Waals surface area contributed by atoms with Crippen LogP contribution in [0.25, 0.3) is 0 Å². The van der Waals surface area contributed by atoms with E-state index in [2.05, 4.69) is 0 Å². The highest BCUT2D eigenvalue weighted by Gasteiger charge is 2.25. The lowest BCUT2D eigenvalue weighted by Gasteiger charge is -2.26. The molecule has 0 aliphatic carbocycles. The number of benzene rings is 2. The van der Waals surface area contributed by atoms with Crippen molar-refractivity contribution in [1.29, 1.82) is 0 Å². The molecule has 1 atom stereocenters. The standard InChI is InChI=1S/C20H21NO4S/c1-15(20(24)25)21(12-16-8-4-2-5-9-16)19(23)14-26-13-18(22)17-10-6-3-7-11-17/h2-11,15H,12-14H2,1H3,(H,24,25). The van der Waals surface area contributed by atoms with Gasteiger partial charge in [0, 0.05) is 12.1 Å². The van der Waals surface area contributed by atoms with Crippen molar-refractivity contribution in [3.8, 4) is 0 Å². The molecule has 0 aliphatic heterocycles. The smallest absolute Gasteiger partial charge is 0.326 e. The minimum Gasteiger partial charge on any atom is -0.480 e. The molecule has 0 fully saturated rings. The Bertz CT molecular complexity index is 749. The van der Waals surface area contributed by atoms with Gasteiger partial charge in [-0.2, -0.15) is 0 Å². The molecular formula is C20H21NO4S. The third-order valence-corrected chi connectivity index (χ3v) is 4.81. The number of rotatable bonds is 9. The van der Waals surface area contributed by atoms with Crippen LogP contribution in [0.3, 0.4) is 0 Å². The predicted octanol–water partition coefficient (Wildman–Crippen LogP) is 3.10. The highest BCUT2D eigenvalue weighted by atomic mass is 32.2. The molecule has 0 bridgehead atoms. The van der Waals surface area contributed by atoms with Crippen molar-refractivity contribution < 1.29 is 19.5 Å². The molecule has 2 aromatic rings. The molecule has 1 amide bonds. The zero-order valence-electron chi connectivity index (χ0n) is 14.5. The number of carboxylic acid groups (broad SMARTS) is 1. The SMILES string of the molecule is CC(C(=O)O)N(Cc1ccccc1)C(=O)CSCC(=O)c1ccccc1. The van der Waals surface area contributed by atoms with Crippen molar-refractivity contribution in [1.82, 2.24) is 4.90 Å². The van der Waals surface area contributed by atoms with Crippen molar-refractivity contribution >= 4 is 29.4 Å². The van der Waals surface area contributed by atoms with Crippen LogP contribution in [0.5, 0.6) is 0 Å². The molecule has 0 heterocycles. The predicted molar refractivity (Wildman–Crippen MR) is 102 cm³/mol. The van der Waals surface area contributed by atoms with Crippen LogP contribution in [0.15, 0.2) is 60.7 Å². The summed E-state index contributed by atoms with van der Waals surface area (Å²) < 4.78 is 0. The van der Waals surface area contributed by atoms with E-state index in [1.807, 2.05) is 36.4 Å². The first-order chi connectivity index (χ1) is 12.5. The molecule has 5 nitrogen and oxygen atoms in total. The van der Waals surface area contributed by atoms with E-state index in [9.17, 15) is 19.5 Å². The average Bonchev–Trinajstić information content (AvgIpc) is 2.66. The lowest BCUT2D eigenvalue weighted by atomic mass is 10.2.